The number of oxazole rings is 1. The summed E-state index contributed by atoms with van der Waals surface area (Å²) in [5, 5.41) is 2.78. The number of carbonyl (C=O) groups is 3. The molecule has 0 saturated carbocycles. The number of carbonyl (C=O) groups excluding carboxylic acids is 3. The number of nitrogens with zero attached hydrogens (tertiary/aromatic N) is 2. The second-order valence-electron chi connectivity index (χ2n) is 9.14. The summed E-state index contributed by atoms with van der Waals surface area (Å²) in [6.45, 7) is 8.17. The summed E-state index contributed by atoms with van der Waals surface area (Å²) < 4.78 is 16.7. The van der Waals surface area contributed by atoms with Crippen LogP contribution in [0.25, 0.3) is 0 Å². The molecule has 0 saturated heterocycles. The summed E-state index contributed by atoms with van der Waals surface area (Å²) in [6, 6.07) is 10.5. The van der Waals surface area contributed by atoms with Crippen molar-refractivity contribution in [1.82, 2.24) is 10.3 Å². The first-order valence-corrected chi connectivity index (χ1v) is 11.7. The molecule has 188 valence electrons. The number of ether oxygens (including phenoxy) is 2. The summed E-state index contributed by atoms with van der Waals surface area (Å²) >= 11 is 0. The molecule has 9 heteroatoms. The number of nitrogens with one attached hydrogen (secondary N) is 1. The maximum atomic E-state index is 12.8. The topological polar surface area (TPSA) is 111 Å². The van der Waals surface area contributed by atoms with Crippen LogP contribution < -0.4 is 19.7 Å². The molecule has 2 heterocycles. The molecule has 1 aromatic heterocycles. The molecule has 1 aliphatic rings. The molecular weight excluding hydrogens is 462 g/mol. The molecule has 0 bridgehead atoms. The average molecular weight is 492 g/mol. The SMILES string of the molecule is Cc1ccc(OCC(=O)c2ccc3c(c2)N(Cc2nc(C(=O)NCC(C)C)co2)C(=O)CO3)cc1C. The monoisotopic (exact) mass is 491 g/mol. The minimum absolute atomic E-state index is 0.0105. The van der Waals surface area contributed by atoms with Gasteiger partial charge in [-0.1, -0.05) is 19.9 Å². The standard InChI is InChI=1S/C27H29N3O6/c1-16(2)11-28-27(33)21-13-36-25(29-21)12-30-22-10-19(6-8-24(22)35-15-26(30)32)23(31)14-34-20-7-5-17(3)18(4)9-20/h5-10,13,16H,11-12,14-15H2,1-4H3,(H,28,33). The third-order valence-electron chi connectivity index (χ3n) is 5.82. The van der Waals surface area contributed by atoms with Crippen LogP contribution in [0.1, 0.15) is 51.7 Å². The Hall–Kier alpha value is -4.14. The highest BCUT2D eigenvalue weighted by molar-refractivity contribution is 6.02. The lowest BCUT2D eigenvalue weighted by Crippen LogP contribution is -2.38. The zero-order valence-electron chi connectivity index (χ0n) is 20.8. The van der Waals surface area contributed by atoms with Crippen molar-refractivity contribution in [2.75, 3.05) is 24.7 Å². The summed E-state index contributed by atoms with van der Waals surface area (Å²) in [7, 11) is 0. The van der Waals surface area contributed by atoms with Crippen molar-refractivity contribution in [3.63, 3.8) is 0 Å². The number of benzene rings is 2. The number of hydrogen-bond donors (Lipinski definition) is 1. The highest BCUT2D eigenvalue weighted by Gasteiger charge is 2.28. The molecule has 0 fully saturated rings. The van der Waals surface area contributed by atoms with E-state index in [0.29, 0.717) is 35.2 Å². The smallest absolute Gasteiger partial charge is 0.273 e. The Morgan fingerprint density at radius 1 is 1.14 bits per heavy atom. The van der Waals surface area contributed by atoms with E-state index in [-0.39, 0.29) is 48.9 Å². The van der Waals surface area contributed by atoms with Crippen LogP contribution in [0.5, 0.6) is 11.5 Å². The van der Waals surface area contributed by atoms with E-state index >= 15 is 0 Å². The lowest BCUT2D eigenvalue weighted by Gasteiger charge is -2.28. The van der Waals surface area contributed by atoms with Gasteiger partial charge in [0.15, 0.2) is 24.7 Å². The van der Waals surface area contributed by atoms with E-state index in [0.717, 1.165) is 11.1 Å². The van der Waals surface area contributed by atoms with Crippen molar-refractivity contribution in [2.45, 2.75) is 34.2 Å². The molecule has 9 nitrogen and oxygen atoms in total. The quantitative estimate of drug-likeness (QED) is 0.453. The molecule has 4 rings (SSSR count). The number of aromatic nitrogens is 1. The lowest BCUT2D eigenvalue weighted by atomic mass is 10.1. The van der Waals surface area contributed by atoms with Crippen LogP contribution in [-0.2, 0) is 11.3 Å². The Morgan fingerprint density at radius 2 is 1.94 bits per heavy atom. The van der Waals surface area contributed by atoms with Crippen LogP contribution >= 0.6 is 0 Å². The molecule has 3 aromatic rings. The zero-order valence-corrected chi connectivity index (χ0v) is 20.8. The number of fused-ring (bicyclic) bond motifs is 1. The van der Waals surface area contributed by atoms with E-state index in [1.807, 2.05) is 45.9 Å². The number of anilines is 1. The number of ketones is 1. The van der Waals surface area contributed by atoms with Crippen molar-refractivity contribution in [3.05, 3.63) is 70.9 Å². The number of aryl methyl sites for hydroxylation is 2. The normalized spacial score (nSPS) is 12.8. The van der Waals surface area contributed by atoms with Gasteiger partial charge >= 0.3 is 0 Å². The van der Waals surface area contributed by atoms with Crippen molar-refractivity contribution in [2.24, 2.45) is 5.92 Å². The van der Waals surface area contributed by atoms with Crippen LogP contribution in [-0.4, -0.2) is 42.3 Å². The van der Waals surface area contributed by atoms with Crippen molar-refractivity contribution in [1.29, 1.82) is 0 Å². The highest BCUT2D eigenvalue weighted by atomic mass is 16.5. The van der Waals surface area contributed by atoms with E-state index in [4.69, 9.17) is 13.9 Å². The summed E-state index contributed by atoms with van der Waals surface area (Å²) in [5.41, 5.74) is 3.16. The molecule has 0 radical (unpaired) electrons. The van der Waals surface area contributed by atoms with Gasteiger partial charge in [-0.3, -0.25) is 19.3 Å². The Kier molecular flexibility index (Phi) is 7.38. The first kappa shape index (κ1) is 25.0. The zero-order chi connectivity index (χ0) is 25.8. The van der Waals surface area contributed by atoms with Crippen molar-refractivity contribution >= 4 is 23.3 Å². The molecule has 1 aliphatic heterocycles. The number of amides is 2. The number of hydrogen-bond acceptors (Lipinski definition) is 7. The molecular formula is C27H29N3O6. The second kappa shape index (κ2) is 10.6. The Balaban J connectivity index is 1.48. The van der Waals surface area contributed by atoms with E-state index in [9.17, 15) is 14.4 Å². The molecule has 0 spiro atoms. The predicted octanol–water partition coefficient (Wildman–Crippen LogP) is 3.86. The molecule has 0 atom stereocenters. The predicted molar refractivity (Wildman–Crippen MR) is 133 cm³/mol. The van der Waals surface area contributed by atoms with Gasteiger partial charge in [-0.25, -0.2) is 4.98 Å². The van der Waals surface area contributed by atoms with Crippen LogP contribution in [0, 0.1) is 19.8 Å². The van der Waals surface area contributed by atoms with Crippen LogP contribution in [0.3, 0.4) is 0 Å². The maximum Gasteiger partial charge on any atom is 0.273 e. The second-order valence-corrected chi connectivity index (χ2v) is 9.14. The van der Waals surface area contributed by atoms with Gasteiger partial charge in [-0.05, 0) is 61.2 Å². The highest BCUT2D eigenvalue weighted by Crippen LogP contribution is 2.34. The summed E-state index contributed by atoms with van der Waals surface area (Å²) in [6.07, 6.45) is 1.26. The lowest BCUT2D eigenvalue weighted by molar-refractivity contribution is -0.121. The first-order valence-electron chi connectivity index (χ1n) is 11.7. The van der Waals surface area contributed by atoms with E-state index < -0.39 is 0 Å². The van der Waals surface area contributed by atoms with Gasteiger partial charge in [-0.15, -0.1) is 0 Å². The van der Waals surface area contributed by atoms with Gasteiger partial charge < -0.3 is 19.2 Å². The van der Waals surface area contributed by atoms with E-state index in [1.165, 1.54) is 11.2 Å². The fraction of sp³-hybridized carbons (Fsp3) is 0.333. The summed E-state index contributed by atoms with van der Waals surface area (Å²) in [4.78, 5) is 43.4. The minimum atomic E-state index is -0.343. The number of rotatable bonds is 9. The molecule has 0 unspecified atom stereocenters. The van der Waals surface area contributed by atoms with Gasteiger partial charge in [0, 0.05) is 12.1 Å². The Bertz CT molecular complexity index is 1300. The third kappa shape index (κ3) is 5.73. The van der Waals surface area contributed by atoms with Crippen molar-refractivity contribution in [3.8, 4) is 11.5 Å². The molecule has 0 aliphatic carbocycles. The molecule has 2 aromatic carbocycles. The van der Waals surface area contributed by atoms with Crippen LogP contribution in [0.2, 0.25) is 0 Å². The van der Waals surface area contributed by atoms with E-state index in [2.05, 4.69) is 10.3 Å². The summed E-state index contributed by atoms with van der Waals surface area (Å²) in [5.74, 6) is 0.664. The van der Waals surface area contributed by atoms with Gasteiger partial charge in [0.25, 0.3) is 11.8 Å². The largest absolute Gasteiger partial charge is 0.485 e. The molecule has 1 N–H and O–H groups in total. The fourth-order valence-electron chi connectivity index (χ4n) is 3.60. The third-order valence-corrected chi connectivity index (χ3v) is 5.82. The minimum Gasteiger partial charge on any atom is -0.485 e. The van der Waals surface area contributed by atoms with Gasteiger partial charge in [0.2, 0.25) is 5.89 Å². The Morgan fingerprint density at radius 3 is 2.69 bits per heavy atom. The van der Waals surface area contributed by atoms with Crippen LogP contribution in [0.4, 0.5) is 5.69 Å². The van der Waals surface area contributed by atoms with Crippen LogP contribution in [0.15, 0.2) is 47.1 Å². The maximum absolute atomic E-state index is 12.8. The first-order chi connectivity index (χ1) is 17.2. The molecule has 36 heavy (non-hydrogen) atoms. The Labute approximate surface area is 209 Å². The van der Waals surface area contributed by atoms with Gasteiger partial charge in [0.1, 0.15) is 24.3 Å². The van der Waals surface area contributed by atoms with Gasteiger partial charge in [-0.2, -0.15) is 0 Å². The van der Waals surface area contributed by atoms with Gasteiger partial charge in [0.05, 0.1) is 5.69 Å². The fourth-order valence-corrected chi connectivity index (χ4v) is 3.60. The average Bonchev–Trinajstić information content (AvgIpc) is 3.33. The van der Waals surface area contributed by atoms with Crippen molar-refractivity contribution < 1.29 is 28.3 Å². The molecule has 2 amide bonds. The number of Topliss-reactive ketones (excluding diaryl/α,β-unsaturated/α-hetero) is 1. The van der Waals surface area contributed by atoms with E-state index in [1.54, 1.807) is 18.2 Å².